The highest BCUT2D eigenvalue weighted by Crippen LogP contribution is 2.34. The molecule has 2 aliphatic heterocycles. The number of nitrogens with zero attached hydrogens (tertiary/aromatic N) is 1. The highest BCUT2D eigenvalue weighted by molar-refractivity contribution is 7.98. The second-order valence-electron chi connectivity index (χ2n) is 4.52. The molecule has 1 aromatic rings. The summed E-state index contributed by atoms with van der Waals surface area (Å²) in [5, 5.41) is 0. The third kappa shape index (κ3) is 1.50. The van der Waals surface area contributed by atoms with Gasteiger partial charge in [0, 0.05) is 23.7 Å². The number of fused-ring (bicyclic) bond motifs is 1. The zero-order chi connectivity index (χ0) is 11.2. The Hall–Kier alpha value is -0.810. The first-order valence-corrected chi connectivity index (χ1v) is 6.69. The van der Waals surface area contributed by atoms with Crippen LogP contribution in [0.15, 0.2) is 4.79 Å². The molecule has 3 rings (SSSR count). The summed E-state index contributed by atoms with van der Waals surface area (Å²) in [5.41, 5.74) is 1.42. The summed E-state index contributed by atoms with van der Waals surface area (Å²) >= 11 is 1.74. The van der Waals surface area contributed by atoms with E-state index in [4.69, 9.17) is 4.74 Å². The van der Waals surface area contributed by atoms with E-state index in [1.807, 2.05) is 6.92 Å². The minimum Gasteiger partial charge on any atom is -0.367 e. The van der Waals surface area contributed by atoms with Crippen molar-refractivity contribution in [3.05, 3.63) is 27.4 Å². The van der Waals surface area contributed by atoms with Gasteiger partial charge in [0.15, 0.2) is 0 Å². The Morgan fingerprint density at radius 3 is 3.12 bits per heavy atom. The van der Waals surface area contributed by atoms with Crippen LogP contribution in [-0.2, 0) is 21.8 Å². The molecule has 16 heavy (non-hydrogen) atoms. The average molecular weight is 238 g/mol. The lowest BCUT2D eigenvalue weighted by Gasteiger charge is -2.22. The fourth-order valence-electron chi connectivity index (χ4n) is 2.28. The van der Waals surface area contributed by atoms with Gasteiger partial charge in [-0.2, -0.15) is 11.8 Å². The van der Waals surface area contributed by atoms with Crippen molar-refractivity contribution in [2.24, 2.45) is 0 Å². The summed E-state index contributed by atoms with van der Waals surface area (Å²) < 4.78 is 5.70. The fourth-order valence-corrected chi connectivity index (χ4v) is 3.31. The van der Waals surface area contributed by atoms with E-state index in [2.05, 4.69) is 9.97 Å². The first kappa shape index (κ1) is 10.4. The van der Waals surface area contributed by atoms with Gasteiger partial charge < -0.3 is 9.72 Å². The summed E-state index contributed by atoms with van der Waals surface area (Å²) in [6.07, 6.45) is 1.97. The van der Waals surface area contributed by atoms with Crippen LogP contribution in [-0.4, -0.2) is 16.6 Å². The van der Waals surface area contributed by atoms with Crippen molar-refractivity contribution < 1.29 is 4.74 Å². The maximum Gasteiger partial charge on any atom is 0.255 e. The zero-order valence-corrected chi connectivity index (χ0v) is 10.0. The number of H-pyrrole nitrogens is 1. The molecule has 0 aromatic carbocycles. The summed E-state index contributed by atoms with van der Waals surface area (Å²) in [7, 11) is 0. The molecule has 1 atom stereocenters. The van der Waals surface area contributed by atoms with Gasteiger partial charge in [-0.3, -0.25) is 4.79 Å². The predicted octanol–water partition coefficient (Wildman–Crippen LogP) is 1.54. The molecule has 86 valence electrons. The monoisotopic (exact) mass is 238 g/mol. The minimum absolute atomic E-state index is 0.0155. The number of nitrogens with one attached hydrogen (secondary N) is 1. The molecule has 1 saturated heterocycles. The lowest BCUT2D eigenvalue weighted by molar-refractivity contribution is 0.00896. The molecule has 1 aromatic heterocycles. The van der Waals surface area contributed by atoms with E-state index in [0.29, 0.717) is 5.82 Å². The molecular formula is C11H14N2O2S. The van der Waals surface area contributed by atoms with E-state index in [0.717, 1.165) is 42.2 Å². The summed E-state index contributed by atoms with van der Waals surface area (Å²) in [6.45, 7) is 2.76. The van der Waals surface area contributed by atoms with Crippen molar-refractivity contribution >= 4 is 11.8 Å². The van der Waals surface area contributed by atoms with Gasteiger partial charge in [-0.1, -0.05) is 0 Å². The smallest absolute Gasteiger partial charge is 0.255 e. The molecule has 1 N–H and O–H groups in total. The van der Waals surface area contributed by atoms with E-state index < -0.39 is 0 Å². The van der Waals surface area contributed by atoms with Crippen LogP contribution in [0, 0.1) is 0 Å². The Morgan fingerprint density at radius 2 is 2.38 bits per heavy atom. The highest BCUT2D eigenvalue weighted by atomic mass is 32.2. The maximum absolute atomic E-state index is 11.9. The minimum atomic E-state index is -0.387. The van der Waals surface area contributed by atoms with Crippen molar-refractivity contribution in [1.29, 1.82) is 0 Å². The van der Waals surface area contributed by atoms with Crippen LogP contribution >= 0.6 is 11.8 Å². The van der Waals surface area contributed by atoms with E-state index in [9.17, 15) is 4.79 Å². The Kier molecular flexibility index (Phi) is 2.33. The molecule has 0 aliphatic carbocycles. The number of rotatable bonds is 1. The molecular weight excluding hydrogens is 224 g/mol. The first-order chi connectivity index (χ1) is 7.69. The van der Waals surface area contributed by atoms with Crippen LogP contribution in [0.5, 0.6) is 0 Å². The number of hydrogen-bond donors (Lipinski definition) is 1. The van der Waals surface area contributed by atoms with Gasteiger partial charge in [-0.15, -0.1) is 0 Å². The molecule has 5 heteroatoms. The van der Waals surface area contributed by atoms with E-state index in [-0.39, 0.29) is 11.2 Å². The topological polar surface area (TPSA) is 55.0 Å². The molecule has 1 unspecified atom stereocenters. The molecule has 3 heterocycles. The van der Waals surface area contributed by atoms with Crippen LogP contribution in [0.1, 0.15) is 36.8 Å². The Bertz CT molecular complexity index is 477. The molecule has 0 spiro atoms. The molecule has 0 saturated carbocycles. The second-order valence-corrected chi connectivity index (χ2v) is 5.50. The predicted molar refractivity (Wildman–Crippen MR) is 62.4 cm³/mol. The molecule has 1 fully saturated rings. The third-order valence-corrected chi connectivity index (χ3v) is 4.28. The van der Waals surface area contributed by atoms with Gasteiger partial charge in [0.2, 0.25) is 0 Å². The Balaban J connectivity index is 2.09. The summed E-state index contributed by atoms with van der Waals surface area (Å²) in [4.78, 5) is 19.3. The maximum atomic E-state index is 11.9. The van der Waals surface area contributed by atoms with Gasteiger partial charge in [0.25, 0.3) is 5.56 Å². The van der Waals surface area contributed by atoms with Crippen molar-refractivity contribution in [2.45, 2.75) is 36.9 Å². The van der Waals surface area contributed by atoms with E-state index in [1.54, 1.807) is 11.8 Å². The second kappa shape index (κ2) is 3.60. The normalized spacial score (nSPS) is 28.3. The lowest BCUT2D eigenvalue weighted by Crippen LogP contribution is -2.28. The van der Waals surface area contributed by atoms with Gasteiger partial charge >= 0.3 is 0 Å². The lowest BCUT2D eigenvalue weighted by atomic mass is 10.0. The van der Waals surface area contributed by atoms with Crippen LogP contribution in [0.25, 0.3) is 0 Å². The van der Waals surface area contributed by atoms with Gasteiger partial charge in [-0.05, 0) is 19.8 Å². The summed E-state index contributed by atoms with van der Waals surface area (Å²) in [5.74, 6) is 2.34. The van der Waals surface area contributed by atoms with Crippen molar-refractivity contribution in [3.8, 4) is 0 Å². The van der Waals surface area contributed by atoms with Crippen molar-refractivity contribution in [1.82, 2.24) is 9.97 Å². The highest BCUT2D eigenvalue weighted by Gasteiger charge is 2.35. The Morgan fingerprint density at radius 1 is 1.50 bits per heavy atom. The van der Waals surface area contributed by atoms with E-state index in [1.165, 1.54) is 0 Å². The van der Waals surface area contributed by atoms with Gasteiger partial charge in [0.1, 0.15) is 11.4 Å². The zero-order valence-electron chi connectivity index (χ0n) is 9.21. The third-order valence-electron chi connectivity index (χ3n) is 3.31. The SMILES string of the molecule is CC1(c2nc3c(c(=O)[nH]2)CSC3)CCCO1. The average Bonchev–Trinajstić information content (AvgIpc) is 2.86. The van der Waals surface area contributed by atoms with Crippen molar-refractivity contribution in [2.75, 3.05) is 6.61 Å². The molecule has 0 amide bonds. The molecule has 0 bridgehead atoms. The summed E-state index contributed by atoms with van der Waals surface area (Å²) in [6, 6.07) is 0. The Labute approximate surface area is 97.8 Å². The van der Waals surface area contributed by atoms with Crippen LogP contribution < -0.4 is 5.56 Å². The van der Waals surface area contributed by atoms with E-state index >= 15 is 0 Å². The van der Waals surface area contributed by atoms with Crippen LogP contribution in [0.2, 0.25) is 0 Å². The molecule has 0 radical (unpaired) electrons. The largest absolute Gasteiger partial charge is 0.367 e. The number of thioether (sulfide) groups is 1. The van der Waals surface area contributed by atoms with Crippen LogP contribution in [0.4, 0.5) is 0 Å². The molecule has 4 nitrogen and oxygen atoms in total. The number of aromatic nitrogens is 2. The van der Waals surface area contributed by atoms with Crippen LogP contribution in [0.3, 0.4) is 0 Å². The molecule has 2 aliphatic rings. The quantitative estimate of drug-likeness (QED) is 0.806. The standard InChI is InChI=1S/C11H14N2O2S/c1-11(3-2-4-15-11)10-12-8-6-16-5-7(8)9(14)13-10/h2-6H2,1H3,(H,12,13,14). The first-order valence-electron chi connectivity index (χ1n) is 5.53. The number of aromatic amines is 1. The number of hydrogen-bond acceptors (Lipinski definition) is 4. The fraction of sp³-hybridized carbons (Fsp3) is 0.636. The van der Waals surface area contributed by atoms with Gasteiger partial charge in [-0.25, -0.2) is 4.98 Å². The number of ether oxygens (including phenoxy) is 1. The van der Waals surface area contributed by atoms with Gasteiger partial charge in [0.05, 0.1) is 5.69 Å². The van der Waals surface area contributed by atoms with Crippen molar-refractivity contribution in [3.63, 3.8) is 0 Å².